The second-order valence-electron chi connectivity index (χ2n) is 5.88. The van der Waals surface area contributed by atoms with E-state index in [1.54, 1.807) is 17.0 Å². The molecule has 1 aliphatic rings. The van der Waals surface area contributed by atoms with Gasteiger partial charge in [-0.05, 0) is 24.3 Å². The normalized spacial score (nSPS) is 23.3. The van der Waals surface area contributed by atoms with Crippen LogP contribution in [0.2, 0.25) is 0 Å². The Bertz CT molecular complexity index is 559. The van der Waals surface area contributed by atoms with Gasteiger partial charge in [0.05, 0.1) is 12.1 Å². The Hall–Kier alpha value is -1.00. The van der Waals surface area contributed by atoms with Crippen molar-refractivity contribution in [2.75, 3.05) is 0 Å². The largest absolute Gasteiger partial charge is 0.352 e. The summed E-state index contributed by atoms with van der Waals surface area (Å²) in [5.74, 6) is 0.0589. The van der Waals surface area contributed by atoms with Crippen molar-refractivity contribution >= 4 is 29.1 Å². The highest BCUT2D eigenvalue weighted by molar-refractivity contribution is 6.55. The van der Waals surface area contributed by atoms with Gasteiger partial charge < -0.3 is 5.32 Å². The van der Waals surface area contributed by atoms with E-state index in [2.05, 4.69) is 10.4 Å². The van der Waals surface area contributed by atoms with E-state index in [4.69, 9.17) is 23.2 Å². The molecule has 1 aromatic rings. The van der Waals surface area contributed by atoms with Gasteiger partial charge in [-0.2, -0.15) is 5.10 Å². The molecule has 0 saturated heterocycles. The Morgan fingerprint density at radius 1 is 1.55 bits per heavy atom. The van der Waals surface area contributed by atoms with Gasteiger partial charge in [0.2, 0.25) is 5.91 Å². The molecule has 1 N–H and O–H groups in total. The second kappa shape index (κ2) is 5.41. The minimum Gasteiger partial charge on any atom is -0.352 e. The quantitative estimate of drug-likeness (QED) is 0.928. The van der Waals surface area contributed by atoms with Gasteiger partial charge in [0, 0.05) is 24.8 Å². The molecule has 20 heavy (non-hydrogen) atoms. The van der Waals surface area contributed by atoms with E-state index in [9.17, 15) is 4.79 Å². The summed E-state index contributed by atoms with van der Waals surface area (Å²) in [7, 11) is 1.88. The lowest BCUT2D eigenvalue weighted by Gasteiger charge is -2.06. The highest BCUT2D eigenvalue weighted by atomic mass is 35.5. The summed E-state index contributed by atoms with van der Waals surface area (Å²) in [5, 5.41) is 7.12. The average molecular weight is 316 g/mol. The van der Waals surface area contributed by atoms with E-state index < -0.39 is 0 Å². The zero-order valence-corrected chi connectivity index (χ0v) is 13.6. The van der Waals surface area contributed by atoms with E-state index in [-0.39, 0.29) is 27.6 Å². The Morgan fingerprint density at radius 3 is 2.70 bits per heavy atom. The summed E-state index contributed by atoms with van der Waals surface area (Å²) in [6.45, 7) is 6.57. The minimum absolute atomic E-state index is 0.0362. The Morgan fingerprint density at radius 2 is 2.20 bits per heavy atom. The maximum absolute atomic E-state index is 12.3. The standard InChI is InChI=1S/C14H19Cl2N3O/c1-8-9(7-18-19(8)4)6-17-13(20)12-10(5-11(15)16)14(12,2)3/h5,7,10,12H,6H2,1-4H3,(H,17,20)/t10-,12+/m1/s1. The zero-order chi connectivity index (χ0) is 15.1. The average Bonchev–Trinajstić information content (AvgIpc) is 2.71. The fourth-order valence-corrected chi connectivity index (χ4v) is 2.91. The van der Waals surface area contributed by atoms with Crippen molar-refractivity contribution < 1.29 is 4.79 Å². The highest BCUT2D eigenvalue weighted by Crippen LogP contribution is 2.59. The summed E-state index contributed by atoms with van der Waals surface area (Å²) in [6.07, 6.45) is 3.53. The summed E-state index contributed by atoms with van der Waals surface area (Å²) in [6, 6.07) is 0. The highest BCUT2D eigenvalue weighted by Gasteiger charge is 2.60. The maximum Gasteiger partial charge on any atom is 0.224 e. The van der Waals surface area contributed by atoms with Crippen molar-refractivity contribution in [2.45, 2.75) is 27.3 Å². The van der Waals surface area contributed by atoms with Crippen molar-refractivity contribution in [3.05, 3.63) is 28.0 Å². The van der Waals surface area contributed by atoms with Gasteiger partial charge in [0.15, 0.2) is 0 Å². The number of halogens is 2. The van der Waals surface area contributed by atoms with Crippen LogP contribution in [0.1, 0.15) is 25.1 Å². The van der Waals surface area contributed by atoms with Gasteiger partial charge in [0.25, 0.3) is 0 Å². The maximum atomic E-state index is 12.3. The topological polar surface area (TPSA) is 46.9 Å². The van der Waals surface area contributed by atoms with Crippen LogP contribution in [0, 0.1) is 24.2 Å². The van der Waals surface area contributed by atoms with Crippen LogP contribution in [0.5, 0.6) is 0 Å². The predicted molar refractivity (Wildman–Crippen MR) is 80.3 cm³/mol. The smallest absolute Gasteiger partial charge is 0.224 e. The van der Waals surface area contributed by atoms with Crippen molar-refractivity contribution in [3.63, 3.8) is 0 Å². The number of hydrogen-bond donors (Lipinski definition) is 1. The fourth-order valence-electron chi connectivity index (χ4n) is 2.64. The first kappa shape index (κ1) is 15.4. The molecule has 6 heteroatoms. The van der Waals surface area contributed by atoms with Gasteiger partial charge in [-0.15, -0.1) is 0 Å². The third kappa shape index (κ3) is 2.86. The summed E-state index contributed by atoms with van der Waals surface area (Å²) in [5.41, 5.74) is 1.99. The molecule has 1 fully saturated rings. The van der Waals surface area contributed by atoms with Gasteiger partial charge in [-0.3, -0.25) is 9.48 Å². The number of carbonyl (C=O) groups is 1. The van der Waals surface area contributed by atoms with Crippen LogP contribution < -0.4 is 5.32 Å². The SMILES string of the molecule is Cc1c(CNC(=O)[C@@H]2[C@@H](C=C(Cl)Cl)C2(C)C)cnn1C. The van der Waals surface area contributed by atoms with E-state index >= 15 is 0 Å². The summed E-state index contributed by atoms with van der Waals surface area (Å²) in [4.78, 5) is 12.3. The number of allylic oxidation sites excluding steroid dienone is 1. The van der Waals surface area contributed by atoms with Crippen molar-refractivity contribution in [2.24, 2.45) is 24.3 Å². The van der Waals surface area contributed by atoms with E-state index in [0.29, 0.717) is 6.54 Å². The van der Waals surface area contributed by atoms with Gasteiger partial charge >= 0.3 is 0 Å². The van der Waals surface area contributed by atoms with Gasteiger partial charge in [-0.25, -0.2) is 0 Å². The summed E-state index contributed by atoms with van der Waals surface area (Å²) < 4.78 is 2.02. The molecule has 0 unspecified atom stereocenters. The molecular formula is C14H19Cl2N3O. The number of aromatic nitrogens is 2. The van der Waals surface area contributed by atoms with Gasteiger partial charge in [-0.1, -0.05) is 37.0 Å². The molecule has 1 aliphatic carbocycles. The Kier molecular flexibility index (Phi) is 4.17. The van der Waals surface area contributed by atoms with Crippen LogP contribution in [0.15, 0.2) is 16.8 Å². The first-order valence-electron chi connectivity index (χ1n) is 6.53. The van der Waals surface area contributed by atoms with Gasteiger partial charge in [0.1, 0.15) is 4.49 Å². The third-order valence-corrected chi connectivity index (χ3v) is 4.54. The van der Waals surface area contributed by atoms with Crippen LogP contribution in [-0.2, 0) is 18.4 Å². The molecule has 0 radical (unpaired) electrons. The molecule has 1 saturated carbocycles. The van der Waals surface area contributed by atoms with Crippen molar-refractivity contribution in [1.82, 2.24) is 15.1 Å². The molecule has 0 bridgehead atoms. The van der Waals surface area contributed by atoms with Crippen LogP contribution in [0.3, 0.4) is 0 Å². The van der Waals surface area contributed by atoms with E-state index in [1.165, 1.54) is 0 Å². The lowest BCUT2D eigenvalue weighted by molar-refractivity contribution is -0.123. The number of carbonyl (C=O) groups excluding carboxylic acids is 1. The molecule has 110 valence electrons. The predicted octanol–water partition coefficient (Wildman–Crippen LogP) is 2.94. The number of rotatable bonds is 4. The molecule has 4 nitrogen and oxygen atoms in total. The molecule has 2 atom stereocenters. The number of nitrogens with zero attached hydrogens (tertiary/aromatic N) is 2. The monoisotopic (exact) mass is 315 g/mol. The van der Waals surface area contributed by atoms with Crippen LogP contribution in [0.25, 0.3) is 0 Å². The fraction of sp³-hybridized carbons (Fsp3) is 0.571. The second-order valence-corrected chi connectivity index (χ2v) is 6.89. The number of hydrogen-bond acceptors (Lipinski definition) is 2. The minimum atomic E-state index is -0.0942. The molecule has 1 aromatic heterocycles. The zero-order valence-electron chi connectivity index (χ0n) is 12.1. The van der Waals surface area contributed by atoms with Crippen LogP contribution in [0.4, 0.5) is 0 Å². The van der Waals surface area contributed by atoms with Crippen molar-refractivity contribution in [1.29, 1.82) is 0 Å². The number of amides is 1. The third-order valence-electron chi connectivity index (χ3n) is 4.29. The molecule has 0 spiro atoms. The Labute approximate surface area is 129 Å². The molecule has 0 aromatic carbocycles. The Balaban J connectivity index is 1.97. The molecule has 2 rings (SSSR count). The number of nitrogens with one attached hydrogen (secondary N) is 1. The van der Waals surface area contributed by atoms with E-state index in [0.717, 1.165) is 11.3 Å². The molecular weight excluding hydrogens is 297 g/mol. The first-order valence-corrected chi connectivity index (χ1v) is 7.28. The van der Waals surface area contributed by atoms with Crippen LogP contribution in [-0.4, -0.2) is 15.7 Å². The molecule has 1 heterocycles. The van der Waals surface area contributed by atoms with Crippen LogP contribution >= 0.6 is 23.2 Å². The lowest BCUT2D eigenvalue weighted by atomic mass is 10.1. The van der Waals surface area contributed by atoms with Crippen molar-refractivity contribution in [3.8, 4) is 0 Å². The first-order chi connectivity index (χ1) is 9.25. The number of aryl methyl sites for hydroxylation is 1. The lowest BCUT2D eigenvalue weighted by Crippen LogP contribution is -2.26. The molecule has 0 aliphatic heterocycles. The summed E-state index contributed by atoms with van der Waals surface area (Å²) >= 11 is 11.4. The molecule has 1 amide bonds. The van der Waals surface area contributed by atoms with E-state index in [1.807, 2.05) is 27.8 Å².